The minimum absolute atomic E-state index is 0.216. The van der Waals surface area contributed by atoms with Crippen LogP contribution >= 0.6 is 7.82 Å². The zero-order valence-corrected chi connectivity index (χ0v) is 16.8. The third-order valence-electron chi connectivity index (χ3n) is 4.36. The van der Waals surface area contributed by atoms with Crippen molar-refractivity contribution >= 4 is 18.9 Å². The molecule has 0 aliphatic carbocycles. The summed E-state index contributed by atoms with van der Waals surface area (Å²) in [4.78, 5) is 28.9. The first kappa shape index (κ1) is 22.3. The number of fused-ring (bicyclic) bond motifs is 1. The predicted molar refractivity (Wildman–Crippen MR) is 106 cm³/mol. The van der Waals surface area contributed by atoms with Gasteiger partial charge in [-0.1, -0.05) is 30.3 Å². The number of hydrogen-bond donors (Lipinski definition) is 6. The second kappa shape index (κ2) is 10.1. The van der Waals surface area contributed by atoms with Gasteiger partial charge in [0.2, 0.25) is 5.88 Å². The number of aliphatic hydroxyl groups is 2. The molecule has 0 radical (unpaired) electrons. The van der Waals surface area contributed by atoms with E-state index in [0.717, 1.165) is 11.1 Å². The Labute approximate surface area is 172 Å². The predicted octanol–water partition coefficient (Wildman–Crippen LogP) is 0.458. The molecular weight excluding hydrogens is 415 g/mol. The van der Waals surface area contributed by atoms with Crippen LogP contribution in [-0.4, -0.2) is 60.3 Å². The number of H-pyrrole nitrogens is 1. The quantitative estimate of drug-likeness (QED) is 0.231. The molecule has 0 unspecified atom stereocenters. The average Bonchev–Trinajstić information content (AvgIpc) is 3.15. The molecule has 3 aromatic rings. The summed E-state index contributed by atoms with van der Waals surface area (Å²) in [5.74, 6) is 0.392. The lowest BCUT2D eigenvalue weighted by molar-refractivity contribution is 0.0381. The molecule has 0 spiro atoms. The highest BCUT2D eigenvalue weighted by Crippen LogP contribution is 2.35. The summed E-state index contributed by atoms with van der Waals surface area (Å²) in [6.07, 6.45) is 1.76. The maximum atomic E-state index is 10.8. The van der Waals surface area contributed by atoms with Gasteiger partial charge in [0.05, 0.1) is 30.9 Å². The molecule has 0 saturated carbocycles. The lowest BCUT2D eigenvalue weighted by Gasteiger charge is -2.22. The molecule has 30 heavy (non-hydrogen) atoms. The topological polar surface area (TPSA) is 170 Å². The molecule has 2 aromatic heterocycles. The maximum Gasteiger partial charge on any atom is 0.469 e. The van der Waals surface area contributed by atoms with Crippen LogP contribution in [0, 0.1) is 0 Å². The van der Waals surface area contributed by atoms with Crippen LogP contribution in [0.2, 0.25) is 0 Å². The van der Waals surface area contributed by atoms with E-state index in [0.29, 0.717) is 23.5 Å². The Morgan fingerprint density at radius 2 is 1.97 bits per heavy atom. The summed E-state index contributed by atoms with van der Waals surface area (Å²) in [5, 5.41) is 22.4. The van der Waals surface area contributed by atoms with E-state index >= 15 is 0 Å². The molecule has 0 aliphatic heterocycles. The van der Waals surface area contributed by atoms with Gasteiger partial charge >= 0.3 is 7.82 Å². The molecular formula is C18H23N4O7P. The SMILES string of the molecule is O=P(O)(O)OC[C@H](O)[C@@H](CO)NCc1c[nH]c2c(OCc3ccccc3)ncnc12. The van der Waals surface area contributed by atoms with E-state index in [1.165, 1.54) is 6.33 Å². The summed E-state index contributed by atoms with van der Waals surface area (Å²) >= 11 is 0. The number of aromatic amines is 1. The second-order valence-corrected chi connectivity index (χ2v) is 7.75. The van der Waals surface area contributed by atoms with E-state index in [4.69, 9.17) is 14.5 Å². The van der Waals surface area contributed by atoms with Gasteiger partial charge in [-0.25, -0.2) is 9.55 Å². The summed E-state index contributed by atoms with van der Waals surface area (Å²) in [7, 11) is -4.71. The normalized spacial score (nSPS) is 14.0. The molecule has 0 amide bonds. The van der Waals surface area contributed by atoms with E-state index in [2.05, 4.69) is 24.8 Å². The summed E-state index contributed by atoms with van der Waals surface area (Å²) < 4.78 is 20.8. The number of nitrogens with zero attached hydrogens (tertiary/aromatic N) is 2. The molecule has 2 atom stereocenters. The highest BCUT2D eigenvalue weighted by atomic mass is 31.2. The summed E-state index contributed by atoms with van der Waals surface area (Å²) in [5.41, 5.74) is 2.95. The van der Waals surface area contributed by atoms with Crippen molar-refractivity contribution in [1.82, 2.24) is 20.3 Å². The number of nitrogens with one attached hydrogen (secondary N) is 2. The van der Waals surface area contributed by atoms with Gasteiger partial charge in [0, 0.05) is 18.3 Å². The second-order valence-electron chi connectivity index (χ2n) is 6.51. The highest BCUT2D eigenvalue weighted by Gasteiger charge is 2.23. The third kappa shape index (κ3) is 6.07. The molecule has 11 nitrogen and oxygen atoms in total. The Bertz CT molecular complexity index is 995. The first-order chi connectivity index (χ1) is 14.4. The number of benzene rings is 1. The van der Waals surface area contributed by atoms with Crippen LogP contribution in [0.3, 0.4) is 0 Å². The maximum absolute atomic E-state index is 10.8. The van der Waals surface area contributed by atoms with E-state index in [-0.39, 0.29) is 6.54 Å². The molecule has 162 valence electrons. The standard InChI is InChI=1S/C18H23N4O7P/c23-8-14(15(24)10-29-30(25,26)27)19-6-13-7-20-17-16(13)21-11-22-18(17)28-9-12-4-2-1-3-5-12/h1-5,7,11,14-15,19-20,23-24H,6,8-10H2,(H2,25,26,27)/t14-,15+/m1/s1. The highest BCUT2D eigenvalue weighted by molar-refractivity contribution is 7.46. The number of aliphatic hydroxyl groups excluding tert-OH is 2. The van der Waals surface area contributed by atoms with E-state index < -0.39 is 33.2 Å². The molecule has 0 bridgehead atoms. The van der Waals surface area contributed by atoms with Crippen molar-refractivity contribution in [2.24, 2.45) is 0 Å². The largest absolute Gasteiger partial charge is 0.471 e. The van der Waals surface area contributed by atoms with Gasteiger partial charge in [-0.15, -0.1) is 0 Å². The fraction of sp³-hybridized carbons (Fsp3) is 0.333. The van der Waals surface area contributed by atoms with Crippen molar-refractivity contribution in [3.63, 3.8) is 0 Å². The van der Waals surface area contributed by atoms with Crippen LogP contribution in [0.1, 0.15) is 11.1 Å². The van der Waals surface area contributed by atoms with Crippen molar-refractivity contribution in [2.45, 2.75) is 25.3 Å². The molecule has 1 aromatic carbocycles. The molecule has 6 N–H and O–H groups in total. The first-order valence-corrected chi connectivity index (χ1v) is 10.6. The number of hydrogen-bond acceptors (Lipinski definition) is 8. The van der Waals surface area contributed by atoms with Crippen LogP contribution in [0.15, 0.2) is 42.9 Å². The average molecular weight is 438 g/mol. The van der Waals surface area contributed by atoms with Crippen molar-refractivity contribution in [3.05, 3.63) is 54.0 Å². The minimum atomic E-state index is -4.71. The van der Waals surface area contributed by atoms with Gasteiger partial charge < -0.3 is 35.0 Å². The Hall–Kier alpha value is -2.37. The number of rotatable bonds is 11. The van der Waals surface area contributed by atoms with Crippen LogP contribution in [0.4, 0.5) is 0 Å². The lowest BCUT2D eigenvalue weighted by Crippen LogP contribution is -2.44. The third-order valence-corrected chi connectivity index (χ3v) is 4.84. The van der Waals surface area contributed by atoms with Crippen molar-refractivity contribution < 1.29 is 33.8 Å². The minimum Gasteiger partial charge on any atom is -0.471 e. The van der Waals surface area contributed by atoms with E-state index in [1.54, 1.807) is 6.20 Å². The fourth-order valence-electron chi connectivity index (χ4n) is 2.79. The zero-order valence-electron chi connectivity index (χ0n) is 15.9. The molecule has 0 saturated heterocycles. The van der Waals surface area contributed by atoms with Crippen LogP contribution in [-0.2, 0) is 22.2 Å². The van der Waals surface area contributed by atoms with Crippen molar-refractivity contribution in [2.75, 3.05) is 13.2 Å². The molecule has 2 heterocycles. The zero-order chi connectivity index (χ0) is 21.6. The number of phosphoric ester groups is 1. The van der Waals surface area contributed by atoms with Crippen LogP contribution in [0.25, 0.3) is 11.0 Å². The van der Waals surface area contributed by atoms with Gasteiger partial charge in [-0.05, 0) is 5.56 Å². The Kier molecular flexibility index (Phi) is 7.51. The molecule has 0 aliphatic rings. The van der Waals surface area contributed by atoms with Gasteiger partial charge in [0.25, 0.3) is 0 Å². The molecule has 0 fully saturated rings. The molecule has 12 heteroatoms. The van der Waals surface area contributed by atoms with Gasteiger partial charge in [0.1, 0.15) is 18.5 Å². The van der Waals surface area contributed by atoms with E-state index in [1.807, 2.05) is 30.3 Å². The summed E-state index contributed by atoms with van der Waals surface area (Å²) in [6.45, 7) is -0.532. The Morgan fingerprint density at radius 1 is 1.20 bits per heavy atom. The Balaban J connectivity index is 1.64. The number of ether oxygens (including phenoxy) is 1. The fourth-order valence-corrected chi connectivity index (χ4v) is 3.14. The lowest BCUT2D eigenvalue weighted by atomic mass is 10.1. The van der Waals surface area contributed by atoms with E-state index in [9.17, 15) is 14.8 Å². The first-order valence-electron chi connectivity index (χ1n) is 9.07. The van der Waals surface area contributed by atoms with Crippen LogP contribution < -0.4 is 10.1 Å². The van der Waals surface area contributed by atoms with Gasteiger partial charge in [-0.3, -0.25) is 4.52 Å². The van der Waals surface area contributed by atoms with Gasteiger partial charge in [-0.2, -0.15) is 4.98 Å². The number of aromatic nitrogens is 3. The Morgan fingerprint density at radius 3 is 2.67 bits per heavy atom. The van der Waals surface area contributed by atoms with Crippen molar-refractivity contribution in [3.8, 4) is 5.88 Å². The monoisotopic (exact) mass is 438 g/mol. The summed E-state index contributed by atoms with van der Waals surface area (Å²) in [6, 6.07) is 8.79. The number of phosphoric acid groups is 1. The van der Waals surface area contributed by atoms with Crippen molar-refractivity contribution in [1.29, 1.82) is 0 Å². The smallest absolute Gasteiger partial charge is 0.469 e. The molecule has 3 rings (SSSR count). The van der Waals surface area contributed by atoms with Gasteiger partial charge in [0.15, 0.2) is 0 Å². The van der Waals surface area contributed by atoms with Crippen LogP contribution in [0.5, 0.6) is 5.88 Å².